The van der Waals surface area contributed by atoms with Crippen molar-refractivity contribution in [2.45, 2.75) is 20.3 Å². The summed E-state index contributed by atoms with van der Waals surface area (Å²) in [6, 6.07) is 11.8. The Kier molecular flexibility index (Phi) is 3.98. The van der Waals surface area contributed by atoms with Gasteiger partial charge < -0.3 is 5.11 Å². The molecule has 0 aliphatic rings. The second kappa shape index (κ2) is 6.30. The van der Waals surface area contributed by atoms with E-state index >= 15 is 0 Å². The number of nitrogens with zero attached hydrogens (tertiary/aromatic N) is 2. The Morgan fingerprint density at radius 3 is 2.68 bits per heavy atom. The number of aromatic hydroxyl groups is 1. The molecule has 2 aromatic heterocycles. The van der Waals surface area contributed by atoms with Gasteiger partial charge in [0.15, 0.2) is 0 Å². The van der Waals surface area contributed by atoms with Gasteiger partial charge in [0.1, 0.15) is 5.75 Å². The van der Waals surface area contributed by atoms with Gasteiger partial charge in [0, 0.05) is 18.2 Å². The largest absolute Gasteiger partial charge is 0.508 e. The van der Waals surface area contributed by atoms with Crippen LogP contribution in [0.15, 0.2) is 53.4 Å². The van der Waals surface area contributed by atoms with E-state index in [1.807, 2.05) is 19.9 Å². The lowest BCUT2D eigenvalue weighted by Crippen LogP contribution is -1.97. The van der Waals surface area contributed by atoms with Gasteiger partial charge in [0.2, 0.25) is 0 Å². The Balaban J connectivity index is 1.94. The zero-order valence-electron chi connectivity index (χ0n) is 14.2. The van der Waals surface area contributed by atoms with Crippen LogP contribution >= 0.6 is 11.3 Å². The number of phenolic OH excluding ortho intramolecular Hbond substituents is 1. The van der Waals surface area contributed by atoms with E-state index in [1.54, 1.807) is 29.7 Å². The summed E-state index contributed by atoms with van der Waals surface area (Å²) in [6.45, 7) is 4.01. The first-order valence-electron chi connectivity index (χ1n) is 8.18. The monoisotopic (exact) mass is 346 g/mol. The number of aryl methyl sites for hydroxylation is 2. The number of aromatic nitrogens is 2. The number of fused-ring (bicyclic) bond motifs is 1. The maximum absolute atomic E-state index is 9.91. The van der Waals surface area contributed by atoms with Crippen molar-refractivity contribution in [3.05, 3.63) is 75.7 Å². The minimum atomic E-state index is 0.260. The molecule has 0 fully saturated rings. The number of hydrogen-bond donors (Lipinski definition) is 1. The summed E-state index contributed by atoms with van der Waals surface area (Å²) in [4.78, 5) is 9.45. The lowest BCUT2D eigenvalue weighted by atomic mass is 9.95. The van der Waals surface area contributed by atoms with Gasteiger partial charge in [0.25, 0.3) is 0 Å². The quantitative estimate of drug-likeness (QED) is 0.549. The molecule has 0 radical (unpaired) electrons. The SMILES string of the molecule is Cc1cnc2c(-c3cc(O)ccc3C)ccc(Cc3ccsc3)c2n1. The predicted molar refractivity (Wildman–Crippen MR) is 103 cm³/mol. The molecule has 0 saturated heterocycles. The number of thiophene rings is 1. The molecule has 4 aromatic rings. The molecule has 25 heavy (non-hydrogen) atoms. The number of rotatable bonds is 3. The van der Waals surface area contributed by atoms with Crippen LogP contribution in [0.4, 0.5) is 0 Å². The van der Waals surface area contributed by atoms with E-state index in [2.05, 4.69) is 33.9 Å². The highest BCUT2D eigenvalue weighted by molar-refractivity contribution is 7.07. The Hall–Kier alpha value is -2.72. The fourth-order valence-electron chi connectivity index (χ4n) is 3.11. The Morgan fingerprint density at radius 2 is 1.88 bits per heavy atom. The molecule has 2 heterocycles. The average Bonchev–Trinajstić information content (AvgIpc) is 3.11. The van der Waals surface area contributed by atoms with Crippen LogP contribution in [0.25, 0.3) is 22.2 Å². The first-order valence-corrected chi connectivity index (χ1v) is 9.12. The molecule has 2 aromatic carbocycles. The Bertz CT molecular complexity index is 1060. The van der Waals surface area contributed by atoms with Gasteiger partial charge in [-0.2, -0.15) is 11.3 Å². The number of benzene rings is 2. The van der Waals surface area contributed by atoms with E-state index in [0.717, 1.165) is 39.8 Å². The van der Waals surface area contributed by atoms with Crippen LogP contribution < -0.4 is 0 Å². The molecule has 0 amide bonds. The third-order valence-corrected chi connectivity index (χ3v) is 5.12. The van der Waals surface area contributed by atoms with E-state index in [4.69, 9.17) is 4.98 Å². The van der Waals surface area contributed by atoms with Crippen LogP contribution in [-0.2, 0) is 6.42 Å². The van der Waals surface area contributed by atoms with E-state index < -0.39 is 0 Å². The summed E-state index contributed by atoms with van der Waals surface area (Å²) in [6.07, 6.45) is 2.65. The summed E-state index contributed by atoms with van der Waals surface area (Å²) < 4.78 is 0. The summed E-state index contributed by atoms with van der Waals surface area (Å²) in [5.41, 5.74) is 8.28. The van der Waals surface area contributed by atoms with Gasteiger partial charge in [-0.15, -0.1) is 0 Å². The van der Waals surface area contributed by atoms with Crippen molar-refractivity contribution in [1.29, 1.82) is 0 Å². The predicted octanol–water partition coefficient (Wildman–Crippen LogP) is 5.27. The van der Waals surface area contributed by atoms with Crippen molar-refractivity contribution in [2.24, 2.45) is 0 Å². The minimum Gasteiger partial charge on any atom is -0.508 e. The van der Waals surface area contributed by atoms with Crippen molar-refractivity contribution in [2.75, 3.05) is 0 Å². The second-order valence-corrected chi connectivity index (χ2v) is 7.07. The Labute approximate surface area is 150 Å². The second-order valence-electron chi connectivity index (χ2n) is 6.29. The molecular formula is C21H18N2OS. The van der Waals surface area contributed by atoms with E-state index in [0.29, 0.717) is 0 Å². The topological polar surface area (TPSA) is 46.0 Å². The molecule has 0 bridgehead atoms. The highest BCUT2D eigenvalue weighted by atomic mass is 32.1. The third kappa shape index (κ3) is 3.01. The van der Waals surface area contributed by atoms with Crippen LogP contribution in [0.2, 0.25) is 0 Å². The maximum atomic E-state index is 9.91. The van der Waals surface area contributed by atoms with Gasteiger partial charge in [-0.3, -0.25) is 4.98 Å². The standard InChI is InChI=1S/C21H18N2OS/c1-13-3-5-17(24)10-19(13)18-6-4-16(9-15-7-8-25-12-15)20-21(18)22-11-14(2)23-20/h3-8,10-12,24H,9H2,1-2H3. The van der Waals surface area contributed by atoms with Gasteiger partial charge >= 0.3 is 0 Å². The molecule has 1 N–H and O–H groups in total. The number of phenols is 1. The van der Waals surface area contributed by atoms with Gasteiger partial charge in [0.05, 0.1) is 16.7 Å². The average molecular weight is 346 g/mol. The summed E-state index contributed by atoms with van der Waals surface area (Å²) >= 11 is 1.71. The minimum absolute atomic E-state index is 0.260. The normalized spacial score (nSPS) is 11.1. The molecule has 0 atom stereocenters. The first kappa shape index (κ1) is 15.8. The lowest BCUT2D eigenvalue weighted by Gasteiger charge is -2.12. The van der Waals surface area contributed by atoms with Crippen molar-refractivity contribution in [3.8, 4) is 16.9 Å². The molecule has 3 nitrogen and oxygen atoms in total. The zero-order chi connectivity index (χ0) is 17.4. The summed E-state index contributed by atoms with van der Waals surface area (Å²) in [5.74, 6) is 0.260. The zero-order valence-corrected chi connectivity index (χ0v) is 15.0. The molecule has 0 saturated carbocycles. The van der Waals surface area contributed by atoms with Crippen LogP contribution in [0.1, 0.15) is 22.4 Å². The fourth-order valence-corrected chi connectivity index (χ4v) is 3.78. The van der Waals surface area contributed by atoms with Crippen LogP contribution in [0.3, 0.4) is 0 Å². The fraction of sp³-hybridized carbons (Fsp3) is 0.143. The van der Waals surface area contributed by atoms with Gasteiger partial charge in [-0.1, -0.05) is 18.2 Å². The van der Waals surface area contributed by atoms with Crippen molar-refractivity contribution in [3.63, 3.8) is 0 Å². The van der Waals surface area contributed by atoms with E-state index in [-0.39, 0.29) is 5.75 Å². The van der Waals surface area contributed by atoms with Gasteiger partial charge in [-0.25, -0.2) is 4.98 Å². The molecule has 0 spiro atoms. The number of hydrogen-bond acceptors (Lipinski definition) is 4. The summed E-state index contributed by atoms with van der Waals surface area (Å²) in [7, 11) is 0. The molecule has 0 aliphatic carbocycles. The molecule has 0 unspecified atom stereocenters. The first-order chi connectivity index (χ1) is 12.1. The molecular weight excluding hydrogens is 328 g/mol. The third-order valence-electron chi connectivity index (χ3n) is 4.39. The maximum Gasteiger partial charge on any atom is 0.116 e. The highest BCUT2D eigenvalue weighted by Gasteiger charge is 2.13. The van der Waals surface area contributed by atoms with E-state index in [1.165, 1.54) is 11.1 Å². The molecule has 124 valence electrons. The van der Waals surface area contributed by atoms with E-state index in [9.17, 15) is 5.11 Å². The van der Waals surface area contributed by atoms with Crippen LogP contribution in [0, 0.1) is 13.8 Å². The molecule has 0 aliphatic heterocycles. The van der Waals surface area contributed by atoms with Crippen LogP contribution in [0.5, 0.6) is 5.75 Å². The molecule has 4 heteroatoms. The Morgan fingerprint density at radius 1 is 1.00 bits per heavy atom. The highest BCUT2D eigenvalue weighted by Crippen LogP contribution is 2.33. The molecule has 4 rings (SSSR count). The summed E-state index contributed by atoms with van der Waals surface area (Å²) in [5, 5.41) is 14.2. The lowest BCUT2D eigenvalue weighted by molar-refractivity contribution is 0.475. The van der Waals surface area contributed by atoms with Crippen LogP contribution in [-0.4, -0.2) is 15.1 Å². The smallest absolute Gasteiger partial charge is 0.116 e. The van der Waals surface area contributed by atoms with Gasteiger partial charge in [-0.05, 0) is 65.1 Å². The van der Waals surface area contributed by atoms with Crippen molar-refractivity contribution in [1.82, 2.24) is 9.97 Å². The van der Waals surface area contributed by atoms with Crippen molar-refractivity contribution < 1.29 is 5.11 Å². The van der Waals surface area contributed by atoms with Crippen molar-refractivity contribution >= 4 is 22.4 Å².